The molecule has 0 aliphatic carbocycles. The van der Waals surface area contributed by atoms with Gasteiger partial charge in [-0.15, -0.1) is 6.58 Å². The minimum Gasteiger partial charge on any atom is -0.504 e. The molecular weight excluding hydrogens is 453 g/mol. The number of allylic oxidation sites excluding steroid dienone is 1. The average Bonchev–Trinajstić information content (AvgIpc) is 2.78. The molecule has 1 fully saturated rings. The van der Waals surface area contributed by atoms with Gasteiger partial charge in [0.1, 0.15) is 0 Å². The summed E-state index contributed by atoms with van der Waals surface area (Å²) in [6.45, 7) is 10.1. The molecule has 2 unspecified atom stereocenters. The number of hydrogen-bond acceptors (Lipinski definition) is 2. The predicted molar refractivity (Wildman–Crippen MR) is 138 cm³/mol. The first-order chi connectivity index (χ1) is 15.8. The van der Waals surface area contributed by atoms with E-state index in [0.29, 0.717) is 22.9 Å². The number of nitrogens with zero attached hydrogens (tertiary/aromatic N) is 1. The van der Waals surface area contributed by atoms with Gasteiger partial charge in [-0.25, -0.2) is 0 Å². The molecule has 3 nitrogen and oxygen atoms in total. The van der Waals surface area contributed by atoms with Crippen molar-refractivity contribution in [1.82, 2.24) is 4.90 Å². The summed E-state index contributed by atoms with van der Waals surface area (Å²) in [7, 11) is 1.64. The van der Waals surface area contributed by atoms with Crippen molar-refractivity contribution in [2.45, 2.75) is 58.0 Å². The highest BCUT2D eigenvalue weighted by Crippen LogP contribution is 2.52. The molecule has 1 saturated heterocycles. The van der Waals surface area contributed by atoms with Crippen molar-refractivity contribution in [3.05, 3.63) is 94.2 Å². The number of piperidine rings is 1. The molecule has 176 valence electrons. The highest BCUT2D eigenvalue weighted by molar-refractivity contribution is 6.30. The van der Waals surface area contributed by atoms with Crippen LogP contribution in [0.2, 0.25) is 10.0 Å². The lowest BCUT2D eigenvalue weighted by Gasteiger charge is -2.52. The standard InChI is InChI=1S/C28H33Cl2NO2/c1-6-15-28(4)17-24(21-9-8-10-23(30)16-21)26(20-11-13-22(29)14-12-20)31(27(28)32)25(7-2)19(3)18-33-5/h6,8-14,16,18,24-26H,1,7,15,17H2,2-5H3/t24-,25?,26?,28+/m1/s1. The second-order valence-electron chi connectivity index (χ2n) is 9.15. The maximum absolute atomic E-state index is 14.2. The van der Waals surface area contributed by atoms with Gasteiger partial charge in [0, 0.05) is 16.0 Å². The number of methoxy groups -OCH3 is 1. The molecule has 1 heterocycles. The zero-order valence-electron chi connectivity index (χ0n) is 19.9. The normalized spacial score (nSPS) is 24.5. The van der Waals surface area contributed by atoms with E-state index in [1.54, 1.807) is 13.4 Å². The third-order valence-corrected chi connectivity index (χ3v) is 7.22. The number of halogens is 2. The van der Waals surface area contributed by atoms with E-state index < -0.39 is 5.41 Å². The number of rotatable bonds is 8. The predicted octanol–water partition coefficient (Wildman–Crippen LogP) is 7.96. The number of hydrogen-bond donors (Lipinski definition) is 0. The van der Waals surface area contributed by atoms with Crippen LogP contribution in [0.5, 0.6) is 0 Å². The summed E-state index contributed by atoms with van der Waals surface area (Å²) < 4.78 is 5.34. The quantitative estimate of drug-likeness (QED) is 0.280. The van der Waals surface area contributed by atoms with Crippen LogP contribution >= 0.6 is 23.2 Å². The van der Waals surface area contributed by atoms with Crippen molar-refractivity contribution in [2.75, 3.05) is 7.11 Å². The van der Waals surface area contributed by atoms with Crippen molar-refractivity contribution in [1.29, 1.82) is 0 Å². The lowest BCUT2D eigenvalue weighted by molar-refractivity contribution is -0.153. The maximum Gasteiger partial charge on any atom is 0.229 e. The van der Waals surface area contributed by atoms with Crippen LogP contribution in [0.25, 0.3) is 0 Å². The van der Waals surface area contributed by atoms with Crippen LogP contribution in [0.3, 0.4) is 0 Å². The Morgan fingerprint density at radius 1 is 1.21 bits per heavy atom. The van der Waals surface area contributed by atoms with Gasteiger partial charge in [-0.05, 0) is 67.2 Å². The van der Waals surface area contributed by atoms with Gasteiger partial charge in [0.25, 0.3) is 0 Å². The zero-order chi connectivity index (χ0) is 24.2. The highest BCUT2D eigenvalue weighted by Gasteiger charge is 2.51. The molecule has 1 amide bonds. The molecule has 33 heavy (non-hydrogen) atoms. The summed E-state index contributed by atoms with van der Waals surface area (Å²) in [5.74, 6) is 0.188. The van der Waals surface area contributed by atoms with Crippen molar-refractivity contribution < 1.29 is 9.53 Å². The average molecular weight is 486 g/mol. The molecule has 4 atom stereocenters. The Balaban J connectivity index is 2.27. The fourth-order valence-electron chi connectivity index (χ4n) is 5.23. The maximum atomic E-state index is 14.2. The molecule has 0 radical (unpaired) electrons. The van der Waals surface area contributed by atoms with E-state index >= 15 is 0 Å². The fourth-order valence-corrected chi connectivity index (χ4v) is 5.56. The van der Waals surface area contributed by atoms with Crippen molar-refractivity contribution >= 4 is 29.1 Å². The molecule has 0 saturated carbocycles. The first kappa shape index (κ1) is 25.4. The van der Waals surface area contributed by atoms with Crippen LogP contribution in [0.15, 0.2) is 73.0 Å². The fraction of sp³-hybridized carbons (Fsp3) is 0.393. The van der Waals surface area contributed by atoms with Gasteiger partial charge in [-0.2, -0.15) is 0 Å². The van der Waals surface area contributed by atoms with Gasteiger partial charge in [-0.3, -0.25) is 4.79 Å². The van der Waals surface area contributed by atoms with Crippen LogP contribution in [0, 0.1) is 5.41 Å². The number of benzene rings is 2. The first-order valence-electron chi connectivity index (χ1n) is 11.4. The molecule has 0 bridgehead atoms. The molecule has 2 aromatic rings. The van der Waals surface area contributed by atoms with E-state index in [1.807, 2.05) is 55.5 Å². The van der Waals surface area contributed by atoms with Gasteiger partial charge >= 0.3 is 0 Å². The summed E-state index contributed by atoms with van der Waals surface area (Å²) in [4.78, 5) is 16.3. The van der Waals surface area contributed by atoms with E-state index in [1.165, 1.54) is 0 Å². The van der Waals surface area contributed by atoms with E-state index in [9.17, 15) is 4.79 Å². The Kier molecular flexibility index (Phi) is 8.31. The summed E-state index contributed by atoms with van der Waals surface area (Å²) in [6, 6.07) is 15.6. The SMILES string of the molecule is C=CC[C@@]1(C)C[C@H](c2cccc(Cl)c2)C(c2ccc(Cl)cc2)N(C(CC)C(C)=COC)C1=O. The van der Waals surface area contributed by atoms with E-state index in [0.717, 1.165) is 23.1 Å². The van der Waals surface area contributed by atoms with Crippen molar-refractivity contribution in [2.24, 2.45) is 5.41 Å². The number of carbonyl (C=O) groups excluding carboxylic acids is 1. The number of carbonyl (C=O) groups is 1. The van der Waals surface area contributed by atoms with Crippen LogP contribution in [-0.2, 0) is 9.53 Å². The molecule has 1 aliphatic rings. The third kappa shape index (κ3) is 5.31. The topological polar surface area (TPSA) is 29.5 Å². The summed E-state index contributed by atoms with van der Waals surface area (Å²) in [6.07, 6.45) is 5.68. The first-order valence-corrected chi connectivity index (χ1v) is 12.1. The van der Waals surface area contributed by atoms with E-state index in [4.69, 9.17) is 27.9 Å². The van der Waals surface area contributed by atoms with Gasteiger partial charge in [-0.1, -0.05) is 67.4 Å². The van der Waals surface area contributed by atoms with E-state index in [-0.39, 0.29) is 23.9 Å². The van der Waals surface area contributed by atoms with Gasteiger partial charge in [0.15, 0.2) is 0 Å². The molecule has 0 spiro atoms. The number of likely N-dealkylation sites (tertiary alicyclic amines) is 1. The van der Waals surface area contributed by atoms with E-state index in [2.05, 4.69) is 31.4 Å². The summed E-state index contributed by atoms with van der Waals surface area (Å²) in [5.41, 5.74) is 2.62. The van der Waals surface area contributed by atoms with Crippen LogP contribution in [0.1, 0.15) is 63.1 Å². The lowest BCUT2D eigenvalue weighted by atomic mass is 9.67. The second-order valence-corrected chi connectivity index (χ2v) is 10.0. The number of amides is 1. The Bertz CT molecular complexity index is 1020. The van der Waals surface area contributed by atoms with Gasteiger partial charge in [0.2, 0.25) is 5.91 Å². The largest absolute Gasteiger partial charge is 0.504 e. The van der Waals surface area contributed by atoms with Crippen LogP contribution in [0.4, 0.5) is 0 Å². The molecule has 0 aromatic heterocycles. The number of ether oxygens (including phenoxy) is 1. The molecule has 2 aromatic carbocycles. The minimum atomic E-state index is -0.571. The van der Waals surface area contributed by atoms with Crippen LogP contribution in [-0.4, -0.2) is 24.0 Å². The third-order valence-electron chi connectivity index (χ3n) is 6.74. The zero-order valence-corrected chi connectivity index (χ0v) is 21.4. The molecule has 0 N–H and O–H groups in total. The highest BCUT2D eigenvalue weighted by atomic mass is 35.5. The van der Waals surface area contributed by atoms with Gasteiger partial charge in [0.05, 0.1) is 30.9 Å². The smallest absolute Gasteiger partial charge is 0.229 e. The van der Waals surface area contributed by atoms with Crippen molar-refractivity contribution in [3.63, 3.8) is 0 Å². The van der Waals surface area contributed by atoms with Gasteiger partial charge < -0.3 is 9.64 Å². The van der Waals surface area contributed by atoms with Crippen molar-refractivity contribution in [3.8, 4) is 0 Å². The molecular formula is C28H33Cl2NO2. The van der Waals surface area contributed by atoms with Crippen LogP contribution < -0.4 is 0 Å². The second kappa shape index (κ2) is 10.8. The monoisotopic (exact) mass is 485 g/mol. The Morgan fingerprint density at radius 3 is 2.48 bits per heavy atom. The Hall–Kier alpha value is -2.23. The summed E-state index contributed by atoms with van der Waals surface area (Å²) in [5, 5.41) is 1.37. The summed E-state index contributed by atoms with van der Waals surface area (Å²) >= 11 is 12.6. The molecule has 1 aliphatic heterocycles. The Labute approximate surface area is 208 Å². The lowest BCUT2D eigenvalue weighted by Crippen LogP contribution is -2.55. The Morgan fingerprint density at radius 2 is 1.91 bits per heavy atom. The minimum absolute atomic E-state index is 0.0527. The molecule has 5 heteroatoms. The molecule has 3 rings (SSSR count).